The third-order valence-electron chi connectivity index (χ3n) is 4.19. The molecule has 0 saturated heterocycles. The minimum absolute atomic E-state index is 0.460. The summed E-state index contributed by atoms with van der Waals surface area (Å²) in [7, 11) is 0. The first-order chi connectivity index (χ1) is 13.4. The van der Waals surface area contributed by atoms with Crippen LogP contribution in [0.15, 0.2) is 54.7 Å². The standard InChI is InChI=1S/C23H27N3O2/c1-5-14-24-21-13-10-16(15-25-21)17-11-12-20(19-9-7-6-8-18(17)19)26-22(27)28-23(2,3)4/h6-13,15H,5,14H2,1-4H3,(H,24,25)(H,26,27). The molecule has 2 aromatic carbocycles. The Hall–Kier alpha value is -3.08. The van der Waals surface area contributed by atoms with Gasteiger partial charge in [-0.05, 0) is 56.3 Å². The average Bonchev–Trinajstić information content (AvgIpc) is 2.66. The van der Waals surface area contributed by atoms with Gasteiger partial charge in [0.25, 0.3) is 0 Å². The molecular weight excluding hydrogens is 350 g/mol. The zero-order chi connectivity index (χ0) is 20.1. The number of hydrogen-bond donors (Lipinski definition) is 2. The van der Waals surface area contributed by atoms with Crippen molar-refractivity contribution in [3.8, 4) is 11.1 Å². The topological polar surface area (TPSA) is 63.2 Å². The number of hydrogen-bond acceptors (Lipinski definition) is 4. The molecule has 0 spiro atoms. The van der Waals surface area contributed by atoms with E-state index in [1.807, 2.05) is 69.4 Å². The Labute approximate surface area is 166 Å². The first-order valence-electron chi connectivity index (χ1n) is 9.59. The number of nitrogens with one attached hydrogen (secondary N) is 2. The molecule has 1 heterocycles. The molecule has 0 fully saturated rings. The minimum atomic E-state index is -0.543. The zero-order valence-electron chi connectivity index (χ0n) is 16.9. The number of aromatic nitrogens is 1. The number of fused-ring (bicyclic) bond motifs is 1. The molecule has 0 aliphatic rings. The molecule has 1 aromatic heterocycles. The van der Waals surface area contributed by atoms with Gasteiger partial charge in [0.2, 0.25) is 0 Å². The molecule has 0 radical (unpaired) electrons. The van der Waals surface area contributed by atoms with Gasteiger partial charge in [0, 0.05) is 23.7 Å². The van der Waals surface area contributed by atoms with E-state index < -0.39 is 11.7 Å². The van der Waals surface area contributed by atoms with E-state index in [4.69, 9.17) is 4.74 Å². The lowest BCUT2D eigenvalue weighted by Gasteiger charge is -2.20. The van der Waals surface area contributed by atoms with Gasteiger partial charge in [-0.15, -0.1) is 0 Å². The van der Waals surface area contributed by atoms with E-state index in [1.54, 1.807) is 0 Å². The highest BCUT2D eigenvalue weighted by atomic mass is 16.6. The SMILES string of the molecule is CCCNc1ccc(-c2ccc(NC(=O)OC(C)(C)C)c3ccccc23)cn1. The Morgan fingerprint density at radius 3 is 2.43 bits per heavy atom. The molecule has 146 valence electrons. The molecular formula is C23H27N3O2. The van der Waals surface area contributed by atoms with Crippen molar-refractivity contribution in [3.05, 3.63) is 54.7 Å². The highest BCUT2D eigenvalue weighted by molar-refractivity contribution is 6.06. The molecule has 0 aliphatic heterocycles. The maximum Gasteiger partial charge on any atom is 0.412 e. The largest absolute Gasteiger partial charge is 0.444 e. The first kappa shape index (κ1) is 19.7. The minimum Gasteiger partial charge on any atom is -0.444 e. The Morgan fingerprint density at radius 1 is 1.04 bits per heavy atom. The molecule has 0 bridgehead atoms. The van der Waals surface area contributed by atoms with Gasteiger partial charge in [0.1, 0.15) is 11.4 Å². The van der Waals surface area contributed by atoms with Crippen LogP contribution in [0.2, 0.25) is 0 Å². The molecule has 0 unspecified atom stereocenters. The van der Waals surface area contributed by atoms with E-state index in [2.05, 4.69) is 28.6 Å². The number of nitrogens with zero attached hydrogens (tertiary/aromatic N) is 1. The second-order valence-electron chi connectivity index (χ2n) is 7.69. The summed E-state index contributed by atoms with van der Waals surface area (Å²) in [5.41, 5.74) is 2.28. The van der Waals surface area contributed by atoms with Crippen molar-refractivity contribution in [1.29, 1.82) is 0 Å². The van der Waals surface area contributed by atoms with Crippen LogP contribution in [0.4, 0.5) is 16.3 Å². The van der Waals surface area contributed by atoms with Gasteiger partial charge in [0.05, 0.1) is 5.69 Å². The van der Waals surface area contributed by atoms with E-state index >= 15 is 0 Å². The van der Waals surface area contributed by atoms with E-state index in [-0.39, 0.29) is 0 Å². The molecule has 3 rings (SSSR count). The summed E-state index contributed by atoms with van der Waals surface area (Å²) in [4.78, 5) is 16.7. The van der Waals surface area contributed by atoms with Gasteiger partial charge in [-0.2, -0.15) is 0 Å². The van der Waals surface area contributed by atoms with Crippen LogP contribution in [0.1, 0.15) is 34.1 Å². The fourth-order valence-electron chi connectivity index (χ4n) is 2.98. The van der Waals surface area contributed by atoms with Crippen molar-refractivity contribution >= 4 is 28.4 Å². The normalized spacial score (nSPS) is 11.3. The van der Waals surface area contributed by atoms with Crippen LogP contribution in [0.25, 0.3) is 21.9 Å². The summed E-state index contributed by atoms with van der Waals surface area (Å²) in [5, 5.41) is 8.16. The highest BCUT2D eigenvalue weighted by Crippen LogP contribution is 2.33. The van der Waals surface area contributed by atoms with Crippen LogP contribution in [0, 0.1) is 0 Å². The Bertz CT molecular complexity index is 960. The molecule has 2 N–H and O–H groups in total. The van der Waals surface area contributed by atoms with Crippen LogP contribution in [0.5, 0.6) is 0 Å². The molecule has 1 amide bonds. The highest BCUT2D eigenvalue weighted by Gasteiger charge is 2.17. The molecule has 5 heteroatoms. The van der Waals surface area contributed by atoms with Crippen LogP contribution < -0.4 is 10.6 Å². The van der Waals surface area contributed by atoms with Crippen molar-refractivity contribution in [2.75, 3.05) is 17.2 Å². The summed E-state index contributed by atoms with van der Waals surface area (Å²) in [5.74, 6) is 0.873. The number of benzene rings is 2. The number of carbonyl (C=O) groups excluding carboxylic acids is 1. The Kier molecular flexibility index (Phi) is 5.83. The number of anilines is 2. The summed E-state index contributed by atoms with van der Waals surface area (Å²) >= 11 is 0. The van der Waals surface area contributed by atoms with Crippen molar-refractivity contribution in [3.63, 3.8) is 0 Å². The number of ether oxygens (including phenoxy) is 1. The van der Waals surface area contributed by atoms with Gasteiger partial charge in [-0.3, -0.25) is 5.32 Å². The second kappa shape index (κ2) is 8.30. The van der Waals surface area contributed by atoms with Crippen molar-refractivity contribution in [2.24, 2.45) is 0 Å². The lowest BCUT2D eigenvalue weighted by Crippen LogP contribution is -2.27. The van der Waals surface area contributed by atoms with Gasteiger partial charge >= 0.3 is 6.09 Å². The van der Waals surface area contributed by atoms with E-state index in [9.17, 15) is 4.79 Å². The van der Waals surface area contributed by atoms with E-state index in [0.29, 0.717) is 0 Å². The number of amides is 1. The van der Waals surface area contributed by atoms with Gasteiger partial charge < -0.3 is 10.1 Å². The van der Waals surface area contributed by atoms with E-state index in [0.717, 1.165) is 46.4 Å². The second-order valence-corrected chi connectivity index (χ2v) is 7.69. The van der Waals surface area contributed by atoms with Crippen molar-refractivity contribution in [1.82, 2.24) is 4.98 Å². The summed E-state index contributed by atoms with van der Waals surface area (Å²) < 4.78 is 5.38. The Morgan fingerprint density at radius 2 is 1.79 bits per heavy atom. The smallest absolute Gasteiger partial charge is 0.412 e. The molecule has 0 aliphatic carbocycles. The molecule has 0 saturated carbocycles. The van der Waals surface area contributed by atoms with Gasteiger partial charge in [-0.25, -0.2) is 9.78 Å². The van der Waals surface area contributed by atoms with Gasteiger partial charge in [-0.1, -0.05) is 37.3 Å². The molecule has 0 atom stereocenters. The summed E-state index contributed by atoms with van der Waals surface area (Å²) in [6, 6.07) is 16.0. The fourth-order valence-corrected chi connectivity index (χ4v) is 2.98. The number of pyridine rings is 1. The van der Waals surface area contributed by atoms with Crippen molar-refractivity contribution in [2.45, 2.75) is 39.7 Å². The number of carbonyl (C=O) groups is 1. The first-order valence-corrected chi connectivity index (χ1v) is 9.59. The molecule has 28 heavy (non-hydrogen) atoms. The Balaban J connectivity index is 1.92. The average molecular weight is 377 g/mol. The van der Waals surface area contributed by atoms with Crippen LogP contribution in [-0.4, -0.2) is 23.2 Å². The maximum atomic E-state index is 12.2. The van der Waals surface area contributed by atoms with Crippen LogP contribution in [-0.2, 0) is 4.74 Å². The predicted octanol–water partition coefficient (Wildman–Crippen LogP) is 6.07. The fraction of sp³-hybridized carbons (Fsp3) is 0.304. The molecule has 5 nitrogen and oxygen atoms in total. The third kappa shape index (κ3) is 4.80. The van der Waals surface area contributed by atoms with E-state index in [1.165, 1.54) is 0 Å². The lowest BCUT2D eigenvalue weighted by atomic mass is 9.98. The third-order valence-corrected chi connectivity index (χ3v) is 4.19. The summed E-state index contributed by atoms with van der Waals surface area (Å²) in [6.45, 7) is 8.57. The van der Waals surface area contributed by atoms with Crippen LogP contribution >= 0.6 is 0 Å². The monoisotopic (exact) mass is 377 g/mol. The van der Waals surface area contributed by atoms with Crippen LogP contribution in [0.3, 0.4) is 0 Å². The maximum absolute atomic E-state index is 12.2. The summed E-state index contributed by atoms with van der Waals surface area (Å²) in [6.07, 6.45) is 2.47. The lowest BCUT2D eigenvalue weighted by molar-refractivity contribution is 0.0636. The molecule has 3 aromatic rings. The quantitative estimate of drug-likeness (QED) is 0.566. The van der Waals surface area contributed by atoms with Crippen molar-refractivity contribution < 1.29 is 9.53 Å². The number of rotatable bonds is 5. The zero-order valence-corrected chi connectivity index (χ0v) is 16.9. The van der Waals surface area contributed by atoms with Gasteiger partial charge in [0.15, 0.2) is 0 Å². The predicted molar refractivity (Wildman–Crippen MR) is 116 cm³/mol.